The van der Waals surface area contributed by atoms with Crippen LogP contribution in [0.25, 0.3) is 88.0 Å². The van der Waals surface area contributed by atoms with Crippen LogP contribution in [0.2, 0.25) is 0 Å². The molecule has 45 heavy (non-hydrogen) atoms. The normalized spacial score (nSPS) is 16.8. The van der Waals surface area contributed by atoms with Crippen molar-refractivity contribution in [1.29, 1.82) is 0 Å². The van der Waals surface area contributed by atoms with Gasteiger partial charge in [-0.25, -0.2) is 0 Å². The fourth-order valence-electron chi connectivity index (χ4n) is 5.99. The zero-order valence-corrected chi connectivity index (χ0v) is 23.3. The molecule has 0 saturated heterocycles. The van der Waals surface area contributed by atoms with E-state index >= 15 is 0 Å². The molecule has 0 aliphatic heterocycles. The number of hydrogen-bond acceptors (Lipinski definition) is 1. The van der Waals surface area contributed by atoms with E-state index in [1.54, 1.807) is 54.6 Å². The second-order valence-electron chi connectivity index (χ2n) is 10.3. The molecule has 0 fully saturated rings. The smallest absolute Gasteiger partial charge is 0.136 e. The van der Waals surface area contributed by atoms with Gasteiger partial charge >= 0.3 is 0 Å². The van der Waals surface area contributed by atoms with Crippen molar-refractivity contribution in [2.24, 2.45) is 0 Å². The molecule has 1 heteroatoms. The molecule has 0 bridgehead atoms. The lowest BCUT2D eigenvalue weighted by Gasteiger charge is -2.20. The highest BCUT2D eigenvalue weighted by molar-refractivity contribution is 6.25. The van der Waals surface area contributed by atoms with Crippen LogP contribution >= 0.6 is 0 Å². The highest BCUT2D eigenvalue weighted by Crippen LogP contribution is 2.49. The Morgan fingerprint density at radius 3 is 1.60 bits per heavy atom. The van der Waals surface area contributed by atoms with Crippen LogP contribution in [0.5, 0.6) is 0 Å². The van der Waals surface area contributed by atoms with E-state index in [2.05, 4.69) is 0 Å². The van der Waals surface area contributed by atoms with Crippen LogP contribution in [-0.4, -0.2) is 0 Å². The third-order valence-electron chi connectivity index (χ3n) is 7.88. The SMILES string of the molecule is [2H]c1c([2H])c([2H])c(-c2c(-c3c4c([2H])c([2H])c([2H])c([2H])c4c(-c4c([2H])c([2H])c(-c5ccccc5)c([2H])c4[2H])c4c([2H])c([2H])c([2H])c([2H])c34)ccc3oc4ccccc4c23)c([2H])c1[2H]. The van der Waals surface area contributed by atoms with Gasteiger partial charge in [-0.1, -0.05) is 151 Å². The van der Waals surface area contributed by atoms with E-state index in [4.69, 9.17) is 19.5 Å². The molecular formula is C44H28O. The van der Waals surface area contributed by atoms with Crippen LogP contribution in [0.3, 0.4) is 0 Å². The standard InChI is InChI=1S/C44H28O/c1-3-13-29(14-4-1)30-23-25-32(26-24-30)41-33-17-7-9-19-35(33)43(36-20-10-8-18-34(36)41)38-27-28-40-44(37-21-11-12-22-39(37)45-40)42(38)31-15-5-2-6-16-31/h1-28H/i2D,5D,6D,7D,8D,9D,10D,15D,16D,17D,18D,19D,20D,23D,24D,25D,26D. The number of benzene rings is 8. The van der Waals surface area contributed by atoms with E-state index in [0.717, 1.165) is 0 Å². The van der Waals surface area contributed by atoms with E-state index in [0.29, 0.717) is 16.5 Å². The number of rotatable bonds is 4. The van der Waals surface area contributed by atoms with Crippen LogP contribution < -0.4 is 0 Å². The number of fused-ring (bicyclic) bond motifs is 5. The van der Waals surface area contributed by atoms with Crippen LogP contribution in [0, 0.1) is 0 Å². The van der Waals surface area contributed by atoms with Gasteiger partial charge in [0.25, 0.3) is 0 Å². The molecule has 0 N–H and O–H groups in total. The number of hydrogen-bond donors (Lipinski definition) is 0. The monoisotopic (exact) mass is 589 g/mol. The van der Waals surface area contributed by atoms with E-state index in [1.165, 1.54) is 12.1 Å². The zero-order chi connectivity index (χ0) is 44.5. The average Bonchev–Trinajstić information content (AvgIpc) is 3.65. The molecule has 1 nitrogen and oxygen atoms in total. The predicted molar refractivity (Wildman–Crippen MR) is 190 cm³/mol. The Balaban J connectivity index is 1.62. The van der Waals surface area contributed by atoms with E-state index < -0.39 is 125 Å². The van der Waals surface area contributed by atoms with Crippen LogP contribution in [-0.2, 0) is 0 Å². The summed E-state index contributed by atoms with van der Waals surface area (Å²) in [5.74, 6) is 0. The van der Waals surface area contributed by atoms with Crippen LogP contribution in [0.1, 0.15) is 23.3 Å². The van der Waals surface area contributed by atoms with Gasteiger partial charge in [-0.3, -0.25) is 0 Å². The molecule has 1 heterocycles. The largest absolute Gasteiger partial charge is 0.456 e. The van der Waals surface area contributed by atoms with Gasteiger partial charge in [-0.2, -0.15) is 0 Å². The molecule has 210 valence electrons. The first-order valence-electron chi connectivity index (χ1n) is 22.6. The van der Waals surface area contributed by atoms with Crippen molar-refractivity contribution in [3.8, 4) is 44.5 Å². The van der Waals surface area contributed by atoms with Crippen molar-refractivity contribution in [3.63, 3.8) is 0 Å². The summed E-state index contributed by atoms with van der Waals surface area (Å²) >= 11 is 0. The summed E-state index contributed by atoms with van der Waals surface area (Å²) in [7, 11) is 0. The molecule has 0 amide bonds. The van der Waals surface area contributed by atoms with Crippen LogP contribution in [0.4, 0.5) is 0 Å². The fourth-order valence-corrected chi connectivity index (χ4v) is 5.99. The molecule has 1 aromatic heterocycles. The summed E-state index contributed by atoms with van der Waals surface area (Å²) in [5, 5.41) is -0.842. The van der Waals surface area contributed by atoms with Gasteiger partial charge in [0.1, 0.15) is 11.2 Å². The Labute approximate surface area is 285 Å². The van der Waals surface area contributed by atoms with Crippen molar-refractivity contribution in [2.45, 2.75) is 0 Å². The van der Waals surface area contributed by atoms with E-state index in [-0.39, 0.29) is 49.6 Å². The zero-order valence-electron chi connectivity index (χ0n) is 40.3. The molecule has 0 saturated carbocycles. The third-order valence-corrected chi connectivity index (χ3v) is 7.88. The first-order chi connectivity index (χ1) is 29.4. The Hall–Kier alpha value is -5.92. The Bertz CT molecular complexity index is 3350. The summed E-state index contributed by atoms with van der Waals surface area (Å²) in [6, 6.07) is 6.36. The maximum absolute atomic E-state index is 9.50. The fraction of sp³-hybridized carbons (Fsp3) is 0. The molecule has 0 aliphatic rings. The summed E-state index contributed by atoms with van der Waals surface area (Å²) in [4.78, 5) is 0. The topological polar surface area (TPSA) is 13.1 Å². The predicted octanol–water partition coefficient (Wildman–Crippen LogP) is 12.6. The minimum Gasteiger partial charge on any atom is -0.456 e. The van der Waals surface area contributed by atoms with E-state index in [9.17, 15) is 8.22 Å². The van der Waals surface area contributed by atoms with Crippen molar-refractivity contribution >= 4 is 43.5 Å². The summed E-state index contributed by atoms with van der Waals surface area (Å²) in [6.07, 6.45) is 0. The minimum atomic E-state index is -0.770. The molecule has 9 aromatic rings. The first-order valence-corrected chi connectivity index (χ1v) is 14.1. The summed E-state index contributed by atoms with van der Waals surface area (Å²) in [6.45, 7) is 0. The second-order valence-corrected chi connectivity index (χ2v) is 10.3. The minimum absolute atomic E-state index is 0.0572. The highest BCUT2D eigenvalue weighted by atomic mass is 16.3. The first kappa shape index (κ1) is 13.8. The molecule has 9 rings (SSSR count). The molecule has 0 spiro atoms. The highest BCUT2D eigenvalue weighted by Gasteiger charge is 2.22. The van der Waals surface area contributed by atoms with Gasteiger partial charge in [0.2, 0.25) is 0 Å². The van der Waals surface area contributed by atoms with Gasteiger partial charge < -0.3 is 4.42 Å². The molecule has 8 aromatic carbocycles. The van der Waals surface area contributed by atoms with Gasteiger partial charge in [-0.05, 0) is 78.7 Å². The van der Waals surface area contributed by atoms with Gasteiger partial charge in [0.05, 0.1) is 23.3 Å². The second kappa shape index (κ2) is 10.4. The lowest BCUT2D eigenvalue weighted by Crippen LogP contribution is -1.93. The number of furan rings is 1. The van der Waals surface area contributed by atoms with Gasteiger partial charge in [0.15, 0.2) is 0 Å². The molecule has 0 atom stereocenters. The molecule has 0 radical (unpaired) electrons. The van der Waals surface area contributed by atoms with Crippen molar-refractivity contribution in [2.75, 3.05) is 0 Å². The maximum Gasteiger partial charge on any atom is 0.136 e. The lowest BCUT2D eigenvalue weighted by molar-refractivity contribution is 0.669. The quantitative estimate of drug-likeness (QED) is 0.186. The summed E-state index contributed by atoms with van der Waals surface area (Å²) < 4.78 is 161. The maximum atomic E-state index is 9.50. The number of para-hydroxylation sites is 1. The van der Waals surface area contributed by atoms with Crippen molar-refractivity contribution in [1.82, 2.24) is 0 Å². The molecular weight excluding hydrogens is 544 g/mol. The average molecular weight is 590 g/mol. The Morgan fingerprint density at radius 1 is 0.356 bits per heavy atom. The Morgan fingerprint density at radius 2 is 0.911 bits per heavy atom. The van der Waals surface area contributed by atoms with Crippen LogP contribution in [0.15, 0.2) is 174 Å². The Kier molecular flexibility index (Phi) is 3.18. The van der Waals surface area contributed by atoms with Gasteiger partial charge in [0, 0.05) is 16.3 Å². The summed E-state index contributed by atoms with van der Waals surface area (Å²) in [5.41, 5.74) is -0.734. The third kappa shape index (κ3) is 4.09. The van der Waals surface area contributed by atoms with Crippen molar-refractivity contribution < 1.29 is 27.7 Å². The lowest BCUT2D eigenvalue weighted by atomic mass is 9.82. The molecule has 0 unspecified atom stereocenters. The van der Waals surface area contributed by atoms with Gasteiger partial charge in [-0.15, -0.1) is 0 Å². The van der Waals surface area contributed by atoms with Crippen molar-refractivity contribution in [3.05, 3.63) is 169 Å². The molecule has 0 aliphatic carbocycles. The van der Waals surface area contributed by atoms with E-state index in [1.807, 2.05) is 0 Å².